The number of urea groups is 1. The molecule has 2 aliphatic rings. The standard InChI is InChI=1S/C19H26N2O6/c1-18(2,15-10-25-12-19(15)26-7-8-27-19)11-21-17(24)20-9-13-3-5-14(6-4-13)16(22)23/h3-6,15H,7-12H2,1-2H3,(H,22,23)(H2,20,21,24). The van der Waals surface area contributed by atoms with Gasteiger partial charge in [0.15, 0.2) is 5.79 Å². The molecule has 8 nitrogen and oxygen atoms in total. The molecule has 1 aromatic carbocycles. The average Bonchev–Trinajstić information content (AvgIpc) is 3.29. The molecule has 148 valence electrons. The Morgan fingerprint density at radius 1 is 1.19 bits per heavy atom. The van der Waals surface area contributed by atoms with Crippen molar-refractivity contribution in [3.63, 3.8) is 0 Å². The third-order valence-electron chi connectivity index (χ3n) is 5.20. The van der Waals surface area contributed by atoms with Gasteiger partial charge in [0.1, 0.15) is 6.61 Å². The van der Waals surface area contributed by atoms with Crippen molar-refractivity contribution in [2.45, 2.75) is 26.2 Å². The summed E-state index contributed by atoms with van der Waals surface area (Å²) in [5.41, 5.74) is 0.765. The molecule has 0 saturated carbocycles. The smallest absolute Gasteiger partial charge is 0.335 e. The quantitative estimate of drug-likeness (QED) is 0.694. The summed E-state index contributed by atoms with van der Waals surface area (Å²) in [6.45, 7) is 6.95. The minimum Gasteiger partial charge on any atom is -0.478 e. The normalized spacial score (nSPS) is 21.3. The fourth-order valence-corrected chi connectivity index (χ4v) is 3.56. The molecule has 2 fully saturated rings. The fourth-order valence-electron chi connectivity index (χ4n) is 3.56. The van der Waals surface area contributed by atoms with E-state index in [1.54, 1.807) is 12.1 Å². The van der Waals surface area contributed by atoms with E-state index < -0.39 is 11.8 Å². The summed E-state index contributed by atoms with van der Waals surface area (Å²) in [5.74, 6) is -1.65. The summed E-state index contributed by atoms with van der Waals surface area (Å²) in [7, 11) is 0. The van der Waals surface area contributed by atoms with Gasteiger partial charge >= 0.3 is 12.0 Å². The average molecular weight is 378 g/mol. The Balaban J connectivity index is 1.48. The molecule has 2 saturated heterocycles. The van der Waals surface area contributed by atoms with Crippen LogP contribution in [0.5, 0.6) is 0 Å². The highest BCUT2D eigenvalue weighted by Crippen LogP contribution is 2.44. The van der Waals surface area contributed by atoms with Gasteiger partial charge in [-0.05, 0) is 23.1 Å². The number of carbonyl (C=O) groups is 2. The molecule has 1 aromatic rings. The Bertz CT molecular complexity index is 676. The highest BCUT2D eigenvalue weighted by atomic mass is 16.8. The van der Waals surface area contributed by atoms with E-state index in [-0.39, 0.29) is 22.9 Å². The molecule has 2 heterocycles. The van der Waals surface area contributed by atoms with E-state index in [0.29, 0.717) is 39.5 Å². The second-order valence-electron chi connectivity index (χ2n) is 7.60. The van der Waals surface area contributed by atoms with Crippen molar-refractivity contribution in [3.05, 3.63) is 35.4 Å². The molecular formula is C19H26N2O6. The van der Waals surface area contributed by atoms with Crippen LogP contribution in [0.2, 0.25) is 0 Å². The number of aromatic carboxylic acids is 1. The fraction of sp³-hybridized carbons (Fsp3) is 0.579. The molecule has 2 aliphatic heterocycles. The zero-order valence-electron chi connectivity index (χ0n) is 15.6. The third-order valence-corrected chi connectivity index (χ3v) is 5.20. The van der Waals surface area contributed by atoms with Gasteiger partial charge in [-0.15, -0.1) is 0 Å². The molecule has 3 rings (SSSR count). The van der Waals surface area contributed by atoms with E-state index >= 15 is 0 Å². The maximum Gasteiger partial charge on any atom is 0.335 e. The number of carbonyl (C=O) groups excluding carboxylic acids is 1. The maximum absolute atomic E-state index is 12.2. The summed E-state index contributed by atoms with van der Waals surface area (Å²) in [4.78, 5) is 23.0. The summed E-state index contributed by atoms with van der Waals surface area (Å²) >= 11 is 0. The number of benzene rings is 1. The van der Waals surface area contributed by atoms with Gasteiger partial charge < -0.3 is 30.0 Å². The zero-order chi connectivity index (χ0) is 19.5. The Labute approximate surface area is 158 Å². The molecule has 0 aliphatic carbocycles. The molecular weight excluding hydrogens is 352 g/mol. The SMILES string of the molecule is CC(C)(CNC(=O)NCc1ccc(C(=O)O)cc1)C1COCC12OCCO2. The number of amides is 2. The van der Waals surface area contributed by atoms with Gasteiger partial charge in [-0.25, -0.2) is 9.59 Å². The van der Waals surface area contributed by atoms with Crippen LogP contribution in [0, 0.1) is 11.3 Å². The molecule has 3 N–H and O–H groups in total. The van der Waals surface area contributed by atoms with Crippen LogP contribution in [0.4, 0.5) is 4.79 Å². The minimum atomic E-state index is -0.974. The Morgan fingerprint density at radius 3 is 2.48 bits per heavy atom. The van der Waals surface area contributed by atoms with E-state index in [9.17, 15) is 9.59 Å². The number of hydrogen-bond acceptors (Lipinski definition) is 5. The van der Waals surface area contributed by atoms with Crippen molar-refractivity contribution >= 4 is 12.0 Å². The molecule has 27 heavy (non-hydrogen) atoms. The van der Waals surface area contributed by atoms with Crippen LogP contribution in [-0.4, -0.2) is 55.9 Å². The zero-order valence-corrected chi connectivity index (χ0v) is 15.6. The topological polar surface area (TPSA) is 106 Å². The van der Waals surface area contributed by atoms with E-state index in [1.807, 2.05) is 0 Å². The van der Waals surface area contributed by atoms with E-state index in [4.69, 9.17) is 19.3 Å². The predicted octanol–water partition coefficient (Wildman–Crippen LogP) is 1.60. The van der Waals surface area contributed by atoms with Crippen molar-refractivity contribution in [3.8, 4) is 0 Å². The Kier molecular flexibility index (Phi) is 5.69. The molecule has 1 spiro atoms. The largest absolute Gasteiger partial charge is 0.478 e. The number of ether oxygens (including phenoxy) is 3. The summed E-state index contributed by atoms with van der Waals surface area (Å²) in [6, 6.07) is 6.11. The van der Waals surface area contributed by atoms with Crippen molar-refractivity contribution in [1.29, 1.82) is 0 Å². The molecule has 1 atom stereocenters. The highest BCUT2D eigenvalue weighted by Gasteiger charge is 2.55. The molecule has 0 bridgehead atoms. The van der Waals surface area contributed by atoms with Gasteiger partial charge in [0.05, 0.1) is 25.4 Å². The van der Waals surface area contributed by atoms with Crippen molar-refractivity contribution < 1.29 is 28.9 Å². The van der Waals surface area contributed by atoms with Crippen LogP contribution in [0.25, 0.3) is 0 Å². The van der Waals surface area contributed by atoms with Gasteiger partial charge in [0, 0.05) is 19.0 Å². The van der Waals surface area contributed by atoms with Crippen LogP contribution in [0.15, 0.2) is 24.3 Å². The number of nitrogens with one attached hydrogen (secondary N) is 2. The second kappa shape index (κ2) is 7.84. The van der Waals surface area contributed by atoms with Gasteiger partial charge in [0.2, 0.25) is 0 Å². The molecule has 1 unspecified atom stereocenters. The van der Waals surface area contributed by atoms with Gasteiger partial charge in [-0.1, -0.05) is 26.0 Å². The second-order valence-corrected chi connectivity index (χ2v) is 7.60. The lowest BCUT2D eigenvalue weighted by molar-refractivity contribution is -0.197. The molecule has 0 aromatic heterocycles. The van der Waals surface area contributed by atoms with Crippen molar-refractivity contribution in [2.75, 3.05) is 33.0 Å². The Morgan fingerprint density at radius 2 is 1.85 bits per heavy atom. The molecule has 2 amide bonds. The van der Waals surface area contributed by atoms with E-state index in [1.165, 1.54) is 12.1 Å². The lowest BCUT2D eigenvalue weighted by Gasteiger charge is -2.38. The monoisotopic (exact) mass is 378 g/mol. The van der Waals surface area contributed by atoms with Crippen LogP contribution in [0.1, 0.15) is 29.8 Å². The summed E-state index contributed by atoms with van der Waals surface area (Å²) in [5, 5.41) is 14.6. The van der Waals surface area contributed by atoms with Gasteiger partial charge in [-0.3, -0.25) is 0 Å². The van der Waals surface area contributed by atoms with Crippen molar-refractivity contribution in [2.24, 2.45) is 11.3 Å². The first-order valence-corrected chi connectivity index (χ1v) is 9.02. The number of carboxylic acids is 1. The van der Waals surface area contributed by atoms with Crippen LogP contribution >= 0.6 is 0 Å². The number of rotatable bonds is 6. The predicted molar refractivity (Wildman–Crippen MR) is 96.4 cm³/mol. The van der Waals surface area contributed by atoms with Crippen LogP contribution < -0.4 is 10.6 Å². The number of hydrogen-bond donors (Lipinski definition) is 3. The molecule has 0 radical (unpaired) electrons. The summed E-state index contributed by atoms with van der Waals surface area (Å²) in [6.07, 6.45) is 0. The first-order chi connectivity index (χ1) is 12.8. The molecule has 8 heteroatoms. The highest BCUT2D eigenvalue weighted by molar-refractivity contribution is 5.87. The van der Waals surface area contributed by atoms with E-state index in [2.05, 4.69) is 24.5 Å². The van der Waals surface area contributed by atoms with Gasteiger partial charge in [-0.2, -0.15) is 0 Å². The van der Waals surface area contributed by atoms with Crippen LogP contribution in [0.3, 0.4) is 0 Å². The summed E-state index contributed by atoms with van der Waals surface area (Å²) < 4.78 is 17.2. The van der Waals surface area contributed by atoms with E-state index in [0.717, 1.165) is 5.56 Å². The van der Waals surface area contributed by atoms with Gasteiger partial charge in [0.25, 0.3) is 0 Å². The first-order valence-electron chi connectivity index (χ1n) is 9.02. The minimum absolute atomic E-state index is 0.0244. The number of carboxylic acid groups (broad SMARTS) is 1. The lowest BCUT2D eigenvalue weighted by Crippen LogP contribution is -2.51. The maximum atomic E-state index is 12.2. The lowest BCUT2D eigenvalue weighted by atomic mass is 9.75. The third kappa shape index (κ3) is 4.40. The Hall–Kier alpha value is -2.16. The first kappa shape index (κ1) is 19.6. The van der Waals surface area contributed by atoms with Crippen LogP contribution in [-0.2, 0) is 20.8 Å². The van der Waals surface area contributed by atoms with Crippen molar-refractivity contribution in [1.82, 2.24) is 10.6 Å².